The van der Waals surface area contributed by atoms with Crippen LogP contribution < -0.4 is 14.2 Å². The Morgan fingerprint density at radius 1 is 1.07 bits per heavy atom. The molecule has 0 bridgehead atoms. The van der Waals surface area contributed by atoms with Crippen LogP contribution in [0.15, 0.2) is 48.9 Å². The van der Waals surface area contributed by atoms with Gasteiger partial charge >= 0.3 is 0 Å². The standard InChI is InChI=1S/C21H21N3O5S/c1-27-19-11-16-18(12-20(19)28-8-3-9-30(2,25)26)23-13-24-21(16)29-15-4-5-17-14(10-15)6-7-22-17/h4-7,10-13,22H,3,8-9H2,1-2H3. The van der Waals surface area contributed by atoms with E-state index in [0.717, 1.165) is 10.9 Å². The van der Waals surface area contributed by atoms with E-state index in [1.54, 1.807) is 12.1 Å². The van der Waals surface area contributed by atoms with E-state index in [0.29, 0.717) is 40.5 Å². The lowest BCUT2D eigenvalue weighted by molar-refractivity contribution is 0.295. The molecule has 0 saturated carbocycles. The van der Waals surface area contributed by atoms with Crippen LogP contribution in [0.3, 0.4) is 0 Å². The first-order chi connectivity index (χ1) is 14.4. The van der Waals surface area contributed by atoms with Gasteiger partial charge in [0.2, 0.25) is 5.88 Å². The van der Waals surface area contributed by atoms with Crippen molar-refractivity contribution < 1.29 is 22.6 Å². The number of aromatic amines is 1. The first kappa shape index (κ1) is 20.0. The van der Waals surface area contributed by atoms with Crippen molar-refractivity contribution in [3.8, 4) is 23.1 Å². The molecule has 0 unspecified atom stereocenters. The number of hydrogen-bond acceptors (Lipinski definition) is 7. The normalized spacial score (nSPS) is 11.7. The van der Waals surface area contributed by atoms with Gasteiger partial charge in [0.05, 0.1) is 30.4 Å². The van der Waals surface area contributed by atoms with Gasteiger partial charge in [0.1, 0.15) is 21.9 Å². The summed E-state index contributed by atoms with van der Waals surface area (Å²) in [5, 5.41) is 1.71. The number of nitrogens with zero attached hydrogens (tertiary/aromatic N) is 2. The molecule has 9 heteroatoms. The molecule has 156 valence electrons. The molecule has 0 spiro atoms. The molecule has 0 fully saturated rings. The highest BCUT2D eigenvalue weighted by molar-refractivity contribution is 7.90. The molecule has 0 atom stereocenters. The highest BCUT2D eigenvalue weighted by Gasteiger charge is 2.14. The monoisotopic (exact) mass is 427 g/mol. The number of hydrogen-bond donors (Lipinski definition) is 1. The van der Waals surface area contributed by atoms with Crippen LogP contribution in [0.5, 0.6) is 23.1 Å². The Labute approximate surface area is 173 Å². The van der Waals surface area contributed by atoms with Gasteiger partial charge in [-0.25, -0.2) is 18.4 Å². The summed E-state index contributed by atoms with van der Waals surface area (Å²) in [5.74, 6) is 2.09. The SMILES string of the molecule is COc1cc2c(Oc3ccc4[nH]ccc4c3)ncnc2cc1OCCCS(C)(=O)=O. The highest BCUT2D eigenvalue weighted by Crippen LogP contribution is 2.36. The summed E-state index contributed by atoms with van der Waals surface area (Å²) in [6, 6.07) is 11.2. The van der Waals surface area contributed by atoms with E-state index in [-0.39, 0.29) is 12.4 Å². The van der Waals surface area contributed by atoms with Crippen LogP contribution in [-0.2, 0) is 9.84 Å². The molecule has 0 aliphatic heterocycles. The third-order valence-corrected chi connectivity index (χ3v) is 5.57. The van der Waals surface area contributed by atoms with Crippen molar-refractivity contribution >= 4 is 31.6 Å². The Bertz CT molecular complexity index is 1300. The topological polar surface area (TPSA) is 103 Å². The van der Waals surface area contributed by atoms with Gasteiger partial charge in [-0.2, -0.15) is 0 Å². The summed E-state index contributed by atoms with van der Waals surface area (Å²) in [7, 11) is -1.49. The number of aromatic nitrogens is 3. The molecule has 2 aromatic carbocycles. The zero-order valence-electron chi connectivity index (χ0n) is 16.6. The number of H-pyrrole nitrogens is 1. The van der Waals surface area contributed by atoms with Crippen LogP contribution in [0, 0.1) is 0 Å². The number of methoxy groups -OCH3 is 1. The second-order valence-electron chi connectivity index (χ2n) is 6.86. The van der Waals surface area contributed by atoms with Gasteiger partial charge in [-0.1, -0.05) is 0 Å². The second-order valence-corrected chi connectivity index (χ2v) is 9.12. The van der Waals surface area contributed by atoms with E-state index in [9.17, 15) is 8.42 Å². The van der Waals surface area contributed by atoms with Gasteiger partial charge in [0, 0.05) is 29.4 Å². The lowest BCUT2D eigenvalue weighted by Crippen LogP contribution is -2.08. The van der Waals surface area contributed by atoms with Gasteiger partial charge in [-0.15, -0.1) is 0 Å². The zero-order chi connectivity index (χ0) is 21.1. The van der Waals surface area contributed by atoms with Gasteiger partial charge in [0.15, 0.2) is 11.5 Å². The zero-order valence-corrected chi connectivity index (χ0v) is 17.4. The fraction of sp³-hybridized carbons (Fsp3) is 0.238. The van der Waals surface area contributed by atoms with E-state index >= 15 is 0 Å². The molecule has 8 nitrogen and oxygen atoms in total. The van der Waals surface area contributed by atoms with Crippen LogP contribution >= 0.6 is 0 Å². The van der Waals surface area contributed by atoms with Crippen molar-refractivity contribution in [3.05, 3.63) is 48.9 Å². The molecular weight excluding hydrogens is 406 g/mol. The maximum atomic E-state index is 11.3. The fourth-order valence-electron chi connectivity index (χ4n) is 3.10. The third kappa shape index (κ3) is 4.46. The van der Waals surface area contributed by atoms with E-state index in [2.05, 4.69) is 15.0 Å². The maximum Gasteiger partial charge on any atom is 0.230 e. The lowest BCUT2D eigenvalue weighted by Gasteiger charge is -2.13. The van der Waals surface area contributed by atoms with Crippen LogP contribution in [-0.4, -0.2) is 49.1 Å². The van der Waals surface area contributed by atoms with Gasteiger partial charge < -0.3 is 19.2 Å². The average Bonchev–Trinajstić information content (AvgIpc) is 3.18. The minimum absolute atomic E-state index is 0.0640. The van der Waals surface area contributed by atoms with Crippen LogP contribution in [0.1, 0.15) is 6.42 Å². The summed E-state index contributed by atoms with van der Waals surface area (Å²) >= 11 is 0. The molecule has 2 heterocycles. The van der Waals surface area contributed by atoms with E-state index in [1.165, 1.54) is 19.7 Å². The predicted molar refractivity (Wildman–Crippen MR) is 114 cm³/mol. The number of nitrogens with one attached hydrogen (secondary N) is 1. The molecule has 0 aliphatic rings. The molecule has 4 aromatic rings. The molecule has 0 amide bonds. The summed E-state index contributed by atoms with van der Waals surface area (Å²) < 4.78 is 39.7. The van der Waals surface area contributed by atoms with Gasteiger partial charge in [-0.05, 0) is 36.8 Å². The summed E-state index contributed by atoms with van der Waals surface area (Å²) in [4.78, 5) is 11.7. The Kier molecular flexibility index (Phi) is 5.45. The van der Waals surface area contributed by atoms with Crippen molar-refractivity contribution in [2.24, 2.45) is 0 Å². The van der Waals surface area contributed by atoms with Gasteiger partial charge in [-0.3, -0.25) is 0 Å². The number of sulfone groups is 1. The van der Waals surface area contributed by atoms with Crippen molar-refractivity contribution in [1.82, 2.24) is 15.0 Å². The van der Waals surface area contributed by atoms with Crippen molar-refractivity contribution in [2.75, 3.05) is 25.7 Å². The minimum atomic E-state index is -3.02. The Balaban J connectivity index is 1.60. The molecule has 0 aliphatic carbocycles. The highest BCUT2D eigenvalue weighted by atomic mass is 32.2. The third-order valence-electron chi connectivity index (χ3n) is 4.54. The molecule has 30 heavy (non-hydrogen) atoms. The molecule has 4 rings (SSSR count). The quantitative estimate of drug-likeness (QED) is 0.427. The smallest absolute Gasteiger partial charge is 0.230 e. The first-order valence-electron chi connectivity index (χ1n) is 9.31. The van der Waals surface area contributed by atoms with E-state index < -0.39 is 9.84 Å². The summed E-state index contributed by atoms with van der Waals surface area (Å²) in [6.45, 7) is 0.250. The summed E-state index contributed by atoms with van der Waals surface area (Å²) in [6.07, 6.45) is 4.89. The van der Waals surface area contributed by atoms with Crippen LogP contribution in [0.4, 0.5) is 0 Å². The molecular formula is C21H21N3O5S. The largest absolute Gasteiger partial charge is 0.493 e. The van der Waals surface area contributed by atoms with E-state index in [1.807, 2.05) is 30.5 Å². The number of ether oxygens (including phenoxy) is 3. The minimum Gasteiger partial charge on any atom is -0.493 e. The lowest BCUT2D eigenvalue weighted by atomic mass is 10.2. The van der Waals surface area contributed by atoms with Crippen molar-refractivity contribution in [3.63, 3.8) is 0 Å². The second kappa shape index (κ2) is 8.19. The average molecular weight is 427 g/mol. The van der Waals surface area contributed by atoms with Crippen molar-refractivity contribution in [1.29, 1.82) is 0 Å². The van der Waals surface area contributed by atoms with Gasteiger partial charge in [0.25, 0.3) is 0 Å². The number of benzene rings is 2. The maximum absolute atomic E-state index is 11.3. The predicted octanol–water partition coefficient (Wildman–Crippen LogP) is 3.73. The molecule has 0 radical (unpaired) electrons. The van der Waals surface area contributed by atoms with Crippen LogP contribution in [0.2, 0.25) is 0 Å². The summed E-state index contributed by atoms with van der Waals surface area (Å²) in [5.41, 5.74) is 1.65. The Morgan fingerprint density at radius 3 is 2.73 bits per heavy atom. The Morgan fingerprint density at radius 2 is 1.93 bits per heavy atom. The molecule has 1 N–H and O–H groups in total. The van der Waals surface area contributed by atoms with Crippen molar-refractivity contribution in [2.45, 2.75) is 6.42 Å². The van der Waals surface area contributed by atoms with Crippen LogP contribution in [0.25, 0.3) is 21.8 Å². The van der Waals surface area contributed by atoms with E-state index in [4.69, 9.17) is 14.2 Å². The fourth-order valence-corrected chi connectivity index (χ4v) is 3.75. The molecule has 0 saturated heterocycles. The first-order valence-corrected chi connectivity index (χ1v) is 11.4. The Hall–Kier alpha value is -3.33. The number of fused-ring (bicyclic) bond motifs is 2. The number of rotatable bonds is 8. The molecule has 2 aromatic heterocycles.